The van der Waals surface area contributed by atoms with E-state index in [1.807, 2.05) is 24.3 Å². The number of carbonyl (C=O) groups is 2. The van der Waals surface area contributed by atoms with Gasteiger partial charge in [0.2, 0.25) is 0 Å². The van der Waals surface area contributed by atoms with Gasteiger partial charge < -0.3 is 9.47 Å². The van der Waals surface area contributed by atoms with Crippen LogP contribution >= 0.6 is 0 Å². The molecule has 0 radical (unpaired) electrons. The van der Waals surface area contributed by atoms with Crippen LogP contribution in [-0.2, 0) is 10.2 Å². The molecule has 0 atom stereocenters. The third-order valence-corrected chi connectivity index (χ3v) is 3.72. The van der Waals surface area contributed by atoms with Crippen LogP contribution in [0.3, 0.4) is 0 Å². The van der Waals surface area contributed by atoms with Crippen LogP contribution in [0.2, 0.25) is 0 Å². The first-order chi connectivity index (χ1) is 11.8. The summed E-state index contributed by atoms with van der Waals surface area (Å²) in [6, 6.07) is 12.6. The van der Waals surface area contributed by atoms with Gasteiger partial charge in [-0.1, -0.05) is 45.0 Å². The number of rotatable bonds is 5. The molecule has 2 aromatic carbocycles. The maximum atomic E-state index is 12.0. The van der Waals surface area contributed by atoms with E-state index in [9.17, 15) is 9.59 Å². The number of hydrogen-bond acceptors (Lipinski definition) is 4. The molecule has 0 aliphatic carbocycles. The minimum atomic E-state index is -0.517. The van der Waals surface area contributed by atoms with E-state index in [0.29, 0.717) is 17.6 Å². The van der Waals surface area contributed by atoms with Crippen LogP contribution in [0.4, 0.5) is 0 Å². The highest BCUT2D eigenvalue weighted by Gasteiger charge is 2.12. The Bertz CT molecular complexity index is 781. The van der Waals surface area contributed by atoms with Crippen molar-refractivity contribution in [3.05, 3.63) is 65.2 Å². The van der Waals surface area contributed by atoms with E-state index in [0.717, 1.165) is 5.56 Å². The molecule has 2 aromatic rings. The molecule has 0 spiro atoms. The van der Waals surface area contributed by atoms with E-state index in [-0.39, 0.29) is 11.2 Å². The van der Waals surface area contributed by atoms with E-state index in [1.165, 1.54) is 30.9 Å². The van der Waals surface area contributed by atoms with Gasteiger partial charge in [0.1, 0.15) is 6.29 Å². The smallest absolute Gasteiger partial charge is 0.336 e. The summed E-state index contributed by atoms with van der Waals surface area (Å²) in [7, 11) is 1.45. The molecule has 2 rings (SSSR count). The van der Waals surface area contributed by atoms with E-state index in [1.54, 1.807) is 12.1 Å². The van der Waals surface area contributed by atoms with Crippen LogP contribution in [0.15, 0.2) is 48.5 Å². The molecular weight excluding hydrogens is 316 g/mol. The van der Waals surface area contributed by atoms with Crippen molar-refractivity contribution in [3.63, 3.8) is 0 Å². The van der Waals surface area contributed by atoms with E-state index < -0.39 is 5.97 Å². The van der Waals surface area contributed by atoms with Crippen molar-refractivity contribution in [2.75, 3.05) is 7.11 Å². The third-order valence-electron chi connectivity index (χ3n) is 3.72. The average molecular weight is 338 g/mol. The maximum Gasteiger partial charge on any atom is 0.336 e. The number of ether oxygens (including phenoxy) is 2. The van der Waals surface area contributed by atoms with Crippen molar-refractivity contribution in [2.24, 2.45) is 0 Å². The lowest BCUT2D eigenvalue weighted by Gasteiger charge is -2.18. The Kier molecular flexibility index (Phi) is 5.75. The zero-order chi connectivity index (χ0) is 18.4. The van der Waals surface area contributed by atoms with Crippen molar-refractivity contribution < 1.29 is 19.1 Å². The van der Waals surface area contributed by atoms with Crippen molar-refractivity contribution in [3.8, 4) is 11.5 Å². The van der Waals surface area contributed by atoms with Crippen LogP contribution in [0.1, 0.15) is 42.3 Å². The highest BCUT2D eigenvalue weighted by Crippen LogP contribution is 2.28. The number of carbonyl (C=O) groups excluding carboxylic acids is 2. The molecule has 130 valence electrons. The molecular formula is C21H22O4. The molecule has 4 heteroatoms. The predicted octanol–water partition coefficient (Wildman–Crippen LogP) is 4.42. The van der Waals surface area contributed by atoms with Gasteiger partial charge in [-0.3, -0.25) is 4.79 Å². The highest BCUT2D eigenvalue weighted by atomic mass is 16.6. The first kappa shape index (κ1) is 18.5. The number of hydrogen-bond donors (Lipinski definition) is 0. The first-order valence-electron chi connectivity index (χ1n) is 7.97. The normalized spacial score (nSPS) is 11.4. The number of aldehydes is 1. The molecule has 0 saturated carbocycles. The molecule has 0 heterocycles. The van der Waals surface area contributed by atoms with Crippen molar-refractivity contribution in [1.29, 1.82) is 0 Å². The van der Waals surface area contributed by atoms with E-state index >= 15 is 0 Å². The quantitative estimate of drug-likeness (QED) is 0.350. The van der Waals surface area contributed by atoms with Crippen LogP contribution in [0, 0.1) is 0 Å². The molecule has 4 nitrogen and oxygen atoms in total. The van der Waals surface area contributed by atoms with Gasteiger partial charge in [-0.25, -0.2) is 4.79 Å². The highest BCUT2D eigenvalue weighted by molar-refractivity contribution is 5.89. The zero-order valence-corrected chi connectivity index (χ0v) is 14.9. The lowest BCUT2D eigenvalue weighted by atomic mass is 9.87. The second kappa shape index (κ2) is 7.79. The average Bonchev–Trinajstić information content (AvgIpc) is 2.60. The van der Waals surface area contributed by atoms with Crippen LogP contribution < -0.4 is 9.47 Å². The van der Waals surface area contributed by atoms with Gasteiger partial charge in [-0.05, 0) is 40.8 Å². The molecule has 0 amide bonds. The van der Waals surface area contributed by atoms with Crippen molar-refractivity contribution in [1.82, 2.24) is 0 Å². The summed E-state index contributed by atoms with van der Waals surface area (Å²) in [4.78, 5) is 22.8. The van der Waals surface area contributed by atoms with Gasteiger partial charge in [0.15, 0.2) is 11.5 Å². The minimum absolute atomic E-state index is 0.0887. The van der Waals surface area contributed by atoms with Crippen LogP contribution in [0.5, 0.6) is 11.5 Å². The molecule has 0 unspecified atom stereocenters. The lowest BCUT2D eigenvalue weighted by molar-refractivity contribution is -0.129. The Morgan fingerprint density at radius 3 is 2.16 bits per heavy atom. The molecule has 0 bridgehead atoms. The topological polar surface area (TPSA) is 52.6 Å². The van der Waals surface area contributed by atoms with Crippen LogP contribution in [-0.4, -0.2) is 19.4 Å². The molecule has 0 fully saturated rings. The maximum absolute atomic E-state index is 12.0. The largest absolute Gasteiger partial charge is 0.493 e. The van der Waals surface area contributed by atoms with Gasteiger partial charge in [0.05, 0.1) is 7.11 Å². The van der Waals surface area contributed by atoms with E-state index in [2.05, 4.69) is 20.8 Å². The molecule has 0 aliphatic heterocycles. The summed E-state index contributed by atoms with van der Waals surface area (Å²) < 4.78 is 10.4. The molecule has 0 aliphatic rings. The predicted molar refractivity (Wildman–Crippen MR) is 98.2 cm³/mol. The van der Waals surface area contributed by atoms with Gasteiger partial charge in [-0.15, -0.1) is 0 Å². The standard InChI is InChI=1S/C21H22O4/c1-21(2,3)17-9-5-15(6-10-17)8-12-20(23)25-18-11-7-16(14-22)13-19(18)24-4/h5-14H,1-4H3/b12-8-. The Hall–Kier alpha value is -2.88. The van der Waals surface area contributed by atoms with Gasteiger partial charge >= 0.3 is 5.97 Å². The number of esters is 1. The Labute approximate surface area is 148 Å². The fourth-order valence-electron chi connectivity index (χ4n) is 2.24. The van der Waals surface area contributed by atoms with Crippen LogP contribution in [0.25, 0.3) is 6.08 Å². The summed E-state index contributed by atoms with van der Waals surface area (Å²) in [5.74, 6) is 0.0868. The van der Waals surface area contributed by atoms with Crippen molar-refractivity contribution in [2.45, 2.75) is 26.2 Å². The van der Waals surface area contributed by atoms with E-state index in [4.69, 9.17) is 9.47 Å². The first-order valence-corrected chi connectivity index (χ1v) is 7.97. The summed E-state index contributed by atoms with van der Waals surface area (Å²) in [5.41, 5.74) is 2.68. The number of benzene rings is 2. The molecule has 0 N–H and O–H groups in total. The lowest BCUT2D eigenvalue weighted by Crippen LogP contribution is -2.10. The zero-order valence-electron chi connectivity index (χ0n) is 14.9. The Morgan fingerprint density at radius 2 is 1.60 bits per heavy atom. The second-order valence-corrected chi connectivity index (χ2v) is 6.65. The fraction of sp³-hybridized carbons (Fsp3) is 0.238. The minimum Gasteiger partial charge on any atom is -0.493 e. The molecule has 0 aromatic heterocycles. The fourth-order valence-corrected chi connectivity index (χ4v) is 2.24. The van der Waals surface area contributed by atoms with Gasteiger partial charge in [-0.2, -0.15) is 0 Å². The van der Waals surface area contributed by atoms with Crippen molar-refractivity contribution >= 4 is 18.3 Å². The summed E-state index contributed by atoms with van der Waals surface area (Å²) in [6.45, 7) is 6.45. The summed E-state index contributed by atoms with van der Waals surface area (Å²) in [6.07, 6.45) is 3.76. The second-order valence-electron chi connectivity index (χ2n) is 6.65. The van der Waals surface area contributed by atoms with Gasteiger partial charge in [0.25, 0.3) is 0 Å². The Morgan fingerprint density at radius 1 is 0.960 bits per heavy atom. The number of methoxy groups -OCH3 is 1. The third kappa shape index (κ3) is 5.05. The van der Waals surface area contributed by atoms with Gasteiger partial charge in [0, 0.05) is 11.6 Å². The summed E-state index contributed by atoms with van der Waals surface area (Å²) in [5, 5.41) is 0. The SMILES string of the molecule is COc1cc(C=O)ccc1OC(=O)/C=C\c1ccc(C(C)(C)C)cc1. The molecule has 0 saturated heterocycles. The Balaban J connectivity index is 2.07. The monoisotopic (exact) mass is 338 g/mol. The summed E-state index contributed by atoms with van der Waals surface area (Å²) >= 11 is 0. The molecule has 25 heavy (non-hydrogen) atoms.